The molecule has 1 aromatic carbocycles. The molecule has 0 atom stereocenters. The number of aromatic nitrogens is 1. The topological polar surface area (TPSA) is 99.9 Å². The molecule has 3 rings (SSSR count). The van der Waals surface area contributed by atoms with Crippen molar-refractivity contribution in [2.45, 2.75) is 27.2 Å². The molecule has 2 heterocycles. The molecule has 0 unspecified atom stereocenters. The highest BCUT2D eigenvalue weighted by atomic mass is 32.1. The zero-order valence-electron chi connectivity index (χ0n) is 18.0. The molecule has 31 heavy (non-hydrogen) atoms. The molecule has 164 valence electrons. The summed E-state index contributed by atoms with van der Waals surface area (Å²) in [4.78, 5) is 26.3. The summed E-state index contributed by atoms with van der Waals surface area (Å²) in [5.41, 5.74) is 2.60. The Kier molecular flexibility index (Phi) is 6.96. The number of hydrogen-bond donors (Lipinski definition) is 1. The van der Waals surface area contributed by atoms with Gasteiger partial charge in [0.1, 0.15) is 10.6 Å². The molecule has 0 radical (unpaired) electrons. The number of anilines is 1. The van der Waals surface area contributed by atoms with Crippen LogP contribution in [0.4, 0.5) is 5.69 Å². The van der Waals surface area contributed by atoms with Gasteiger partial charge in [-0.1, -0.05) is 5.16 Å². The second kappa shape index (κ2) is 9.65. The summed E-state index contributed by atoms with van der Waals surface area (Å²) in [5.74, 6) is 0.981. The van der Waals surface area contributed by atoms with E-state index in [0.29, 0.717) is 33.5 Å². The first-order chi connectivity index (χ1) is 14.9. The summed E-state index contributed by atoms with van der Waals surface area (Å²) < 4.78 is 20.9. The predicted molar refractivity (Wildman–Crippen MR) is 117 cm³/mol. The van der Waals surface area contributed by atoms with Crippen LogP contribution in [0.3, 0.4) is 0 Å². The summed E-state index contributed by atoms with van der Waals surface area (Å²) >= 11 is 1.23. The van der Waals surface area contributed by atoms with Gasteiger partial charge in [0.05, 0.1) is 38.6 Å². The molecule has 1 N–H and O–H groups in total. The Bertz CT molecular complexity index is 1080. The fourth-order valence-electron chi connectivity index (χ4n) is 3.07. The summed E-state index contributed by atoms with van der Waals surface area (Å²) in [6, 6.07) is 7.21. The van der Waals surface area contributed by atoms with E-state index in [4.69, 9.17) is 18.7 Å². The lowest BCUT2D eigenvalue weighted by Gasteiger charge is -2.08. The third-order valence-corrected chi connectivity index (χ3v) is 5.82. The molecule has 9 heteroatoms. The molecule has 0 fully saturated rings. The number of aryl methyl sites for hydroxylation is 2. The summed E-state index contributed by atoms with van der Waals surface area (Å²) in [6.45, 7) is 5.50. The van der Waals surface area contributed by atoms with Gasteiger partial charge in [-0.2, -0.15) is 0 Å². The van der Waals surface area contributed by atoms with E-state index in [9.17, 15) is 9.59 Å². The smallest absolute Gasteiger partial charge is 0.350 e. The number of esters is 1. The zero-order valence-corrected chi connectivity index (χ0v) is 18.8. The van der Waals surface area contributed by atoms with Gasteiger partial charge < -0.3 is 24.1 Å². The first kappa shape index (κ1) is 22.4. The van der Waals surface area contributed by atoms with Crippen molar-refractivity contribution in [2.75, 3.05) is 26.1 Å². The SMILES string of the molecule is CCOC(=O)c1sc(-c2ccc(OC)c(OC)c2)cc1NC(=O)Cc1c(C)noc1C. The number of nitrogens with one attached hydrogen (secondary N) is 1. The normalized spacial score (nSPS) is 10.6. The van der Waals surface area contributed by atoms with E-state index in [1.807, 2.05) is 12.1 Å². The van der Waals surface area contributed by atoms with E-state index in [2.05, 4.69) is 10.5 Å². The number of ether oxygens (including phenoxy) is 3. The molecular formula is C22H24N2O6S. The molecule has 0 aliphatic heterocycles. The molecule has 0 saturated carbocycles. The summed E-state index contributed by atoms with van der Waals surface area (Å²) in [7, 11) is 3.12. The van der Waals surface area contributed by atoms with Crippen LogP contribution in [0.1, 0.15) is 33.6 Å². The van der Waals surface area contributed by atoms with Crippen molar-refractivity contribution in [3.05, 3.63) is 46.2 Å². The Balaban J connectivity index is 1.93. The molecule has 8 nitrogen and oxygen atoms in total. The number of carbonyl (C=O) groups is 2. The van der Waals surface area contributed by atoms with Gasteiger partial charge in [0.2, 0.25) is 5.91 Å². The average Bonchev–Trinajstić information content (AvgIpc) is 3.31. The monoisotopic (exact) mass is 444 g/mol. The van der Waals surface area contributed by atoms with E-state index in [1.54, 1.807) is 47.1 Å². The highest BCUT2D eigenvalue weighted by molar-refractivity contribution is 7.18. The van der Waals surface area contributed by atoms with Gasteiger partial charge in [-0.05, 0) is 50.6 Å². The highest BCUT2D eigenvalue weighted by Crippen LogP contribution is 2.39. The highest BCUT2D eigenvalue weighted by Gasteiger charge is 2.22. The predicted octanol–water partition coefficient (Wildman–Crippen LogP) is 4.40. The lowest BCUT2D eigenvalue weighted by atomic mass is 10.1. The van der Waals surface area contributed by atoms with Crippen molar-refractivity contribution in [3.63, 3.8) is 0 Å². The molecule has 1 amide bonds. The molecule has 0 bridgehead atoms. The van der Waals surface area contributed by atoms with Gasteiger partial charge in [-0.3, -0.25) is 4.79 Å². The average molecular weight is 445 g/mol. The van der Waals surface area contributed by atoms with E-state index in [0.717, 1.165) is 16.0 Å². The number of rotatable bonds is 8. The minimum atomic E-state index is -0.494. The largest absolute Gasteiger partial charge is 0.493 e. The number of benzene rings is 1. The van der Waals surface area contributed by atoms with Crippen LogP contribution in [0.2, 0.25) is 0 Å². The van der Waals surface area contributed by atoms with Gasteiger partial charge >= 0.3 is 5.97 Å². The van der Waals surface area contributed by atoms with E-state index in [1.165, 1.54) is 11.3 Å². The Morgan fingerprint density at radius 1 is 1.13 bits per heavy atom. The van der Waals surface area contributed by atoms with Crippen molar-refractivity contribution in [2.24, 2.45) is 0 Å². The van der Waals surface area contributed by atoms with Crippen molar-refractivity contribution in [1.82, 2.24) is 5.16 Å². The van der Waals surface area contributed by atoms with Crippen molar-refractivity contribution in [1.29, 1.82) is 0 Å². The number of thiophene rings is 1. The van der Waals surface area contributed by atoms with Gasteiger partial charge in [0.15, 0.2) is 11.5 Å². The Hall–Kier alpha value is -3.33. The third kappa shape index (κ3) is 4.88. The van der Waals surface area contributed by atoms with Crippen LogP contribution in [-0.4, -0.2) is 37.9 Å². The van der Waals surface area contributed by atoms with Gasteiger partial charge in [-0.15, -0.1) is 11.3 Å². The quantitative estimate of drug-likeness (QED) is 0.514. The summed E-state index contributed by atoms with van der Waals surface area (Å²) in [6.07, 6.45) is 0.0883. The Morgan fingerprint density at radius 2 is 1.87 bits per heavy atom. The van der Waals surface area contributed by atoms with E-state index < -0.39 is 5.97 Å². The Morgan fingerprint density at radius 3 is 2.48 bits per heavy atom. The van der Waals surface area contributed by atoms with Crippen molar-refractivity contribution < 1.29 is 28.3 Å². The maximum absolute atomic E-state index is 12.7. The molecule has 0 spiro atoms. The number of amides is 1. The van der Waals surface area contributed by atoms with Crippen LogP contribution < -0.4 is 14.8 Å². The fraction of sp³-hybridized carbons (Fsp3) is 0.318. The Labute approximate surface area is 184 Å². The maximum Gasteiger partial charge on any atom is 0.350 e. The molecule has 2 aromatic heterocycles. The van der Waals surface area contributed by atoms with Crippen molar-refractivity contribution >= 4 is 28.9 Å². The fourth-order valence-corrected chi connectivity index (χ4v) is 4.08. The second-order valence-electron chi connectivity index (χ2n) is 6.67. The van der Waals surface area contributed by atoms with Gasteiger partial charge in [0, 0.05) is 10.4 Å². The molecular weight excluding hydrogens is 420 g/mol. The second-order valence-corrected chi connectivity index (χ2v) is 7.72. The van der Waals surface area contributed by atoms with Gasteiger partial charge in [-0.25, -0.2) is 4.79 Å². The standard InChI is InChI=1S/C22H24N2O6S/c1-6-29-22(26)21-16(23-20(25)10-15-12(2)24-30-13(15)3)11-19(31-21)14-7-8-17(27-4)18(9-14)28-5/h7-9,11H,6,10H2,1-5H3,(H,23,25). The lowest BCUT2D eigenvalue weighted by Crippen LogP contribution is -2.17. The van der Waals surface area contributed by atoms with Crippen LogP contribution >= 0.6 is 11.3 Å². The minimum Gasteiger partial charge on any atom is -0.493 e. The van der Waals surface area contributed by atoms with Gasteiger partial charge in [0.25, 0.3) is 0 Å². The first-order valence-electron chi connectivity index (χ1n) is 9.62. The minimum absolute atomic E-state index is 0.0883. The maximum atomic E-state index is 12.7. The molecule has 0 aliphatic rings. The van der Waals surface area contributed by atoms with E-state index >= 15 is 0 Å². The van der Waals surface area contributed by atoms with E-state index in [-0.39, 0.29) is 18.9 Å². The van der Waals surface area contributed by atoms with Crippen LogP contribution in [0, 0.1) is 13.8 Å². The van der Waals surface area contributed by atoms with Crippen LogP contribution in [0.5, 0.6) is 11.5 Å². The number of methoxy groups -OCH3 is 2. The number of carbonyl (C=O) groups excluding carboxylic acids is 2. The molecule has 0 aliphatic carbocycles. The lowest BCUT2D eigenvalue weighted by molar-refractivity contribution is -0.115. The van der Waals surface area contributed by atoms with Crippen molar-refractivity contribution in [3.8, 4) is 21.9 Å². The number of nitrogens with zero attached hydrogens (tertiary/aromatic N) is 1. The summed E-state index contributed by atoms with van der Waals surface area (Å²) in [5, 5.41) is 6.70. The molecule has 0 saturated heterocycles. The van der Waals surface area contributed by atoms with Crippen LogP contribution in [0.15, 0.2) is 28.8 Å². The first-order valence-corrected chi connectivity index (χ1v) is 10.4. The third-order valence-electron chi connectivity index (χ3n) is 4.65. The molecule has 3 aromatic rings. The van der Waals surface area contributed by atoms with Crippen LogP contribution in [-0.2, 0) is 16.0 Å². The van der Waals surface area contributed by atoms with Crippen LogP contribution in [0.25, 0.3) is 10.4 Å². The zero-order chi connectivity index (χ0) is 22.5. The number of hydrogen-bond acceptors (Lipinski definition) is 8.